The van der Waals surface area contributed by atoms with E-state index in [9.17, 15) is 13.6 Å². The Morgan fingerprint density at radius 3 is 2.09 bits per heavy atom. The molecule has 1 fully saturated rings. The topological polar surface area (TPSA) is 29.5 Å². The molecule has 3 aromatic rings. The summed E-state index contributed by atoms with van der Waals surface area (Å²) in [7, 11) is 0. The molecular weight excluding hydrogens is 444 g/mol. The van der Waals surface area contributed by atoms with Crippen molar-refractivity contribution in [3.63, 3.8) is 0 Å². The molecule has 1 aliphatic rings. The molecule has 35 heavy (non-hydrogen) atoms. The zero-order valence-corrected chi connectivity index (χ0v) is 19.8. The highest BCUT2D eigenvalue weighted by Crippen LogP contribution is 2.30. The van der Waals surface area contributed by atoms with E-state index in [1.54, 1.807) is 43.3 Å². The van der Waals surface area contributed by atoms with Crippen LogP contribution in [0.15, 0.2) is 84.1 Å². The quantitative estimate of drug-likeness (QED) is 0.257. The van der Waals surface area contributed by atoms with Crippen molar-refractivity contribution in [3.8, 4) is 5.75 Å². The molecule has 0 N–H and O–H groups in total. The lowest BCUT2D eigenvalue weighted by Crippen LogP contribution is -2.31. The van der Waals surface area contributed by atoms with Gasteiger partial charge in [-0.15, -0.1) is 0 Å². The first-order chi connectivity index (χ1) is 17.0. The van der Waals surface area contributed by atoms with E-state index in [1.165, 1.54) is 29.8 Å². The molecule has 1 saturated heterocycles. The summed E-state index contributed by atoms with van der Waals surface area (Å²) in [4.78, 5) is 13.8. The maximum atomic E-state index is 13.4. The van der Waals surface area contributed by atoms with Crippen LogP contribution in [0.25, 0.3) is 12.2 Å². The average Bonchev–Trinajstić information content (AvgIpc) is 2.86. The van der Waals surface area contributed by atoms with Gasteiger partial charge in [0, 0.05) is 24.4 Å². The number of allylic oxidation sites excluding steroid dienone is 1. The van der Waals surface area contributed by atoms with E-state index in [0.29, 0.717) is 12.2 Å². The third kappa shape index (κ3) is 6.89. The van der Waals surface area contributed by atoms with Crippen LogP contribution in [0.1, 0.15) is 47.7 Å². The van der Waals surface area contributed by atoms with Crippen molar-refractivity contribution in [3.05, 3.63) is 112 Å². The number of rotatable bonds is 8. The Morgan fingerprint density at radius 1 is 0.886 bits per heavy atom. The number of carbonyl (C=O) groups excluding carboxylic acids is 1. The van der Waals surface area contributed by atoms with E-state index in [-0.39, 0.29) is 17.4 Å². The second-order valence-electron chi connectivity index (χ2n) is 8.68. The molecule has 0 aliphatic carbocycles. The highest BCUT2D eigenvalue weighted by molar-refractivity contribution is 5.94. The van der Waals surface area contributed by atoms with E-state index in [4.69, 9.17) is 4.74 Å². The summed E-state index contributed by atoms with van der Waals surface area (Å²) in [5, 5.41) is 0. The van der Waals surface area contributed by atoms with Crippen LogP contribution in [0, 0.1) is 11.6 Å². The van der Waals surface area contributed by atoms with Crippen molar-refractivity contribution < 1.29 is 18.3 Å². The van der Waals surface area contributed by atoms with Gasteiger partial charge in [-0.1, -0.05) is 24.3 Å². The van der Waals surface area contributed by atoms with Gasteiger partial charge in [0.25, 0.3) is 0 Å². The number of Topliss-reactive ketones (excluding diaryl/α,β-unsaturated/α-hetero) is 1. The van der Waals surface area contributed by atoms with E-state index >= 15 is 0 Å². The van der Waals surface area contributed by atoms with Gasteiger partial charge in [-0.05, 0) is 104 Å². The molecule has 4 rings (SSSR count). The van der Waals surface area contributed by atoms with E-state index < -0.39 is 0 Å². The molecule has 3 aromatic carbocycles. The standard InChI is InChI=1S/C30H29F2NO2/c1-22(34)25-9-15-29(16-10-25)35-19-3-18-33-17-2-4-26(20-23-5-11-27(31)12-6-23)30(33)21-24-7-13-28(32)14-8-24/h5-16,20-21H,2-4,17-19H2,1H3. The second kappa shape index (κ2) is 11.6. The molecule has 0 bridgehead atoms. The third-order valence-electron chi connectivity index (χ3n) is 6.03. The molecule has 0 aromatic heterocycles. The lowest BCUT2D eigenvalue weighted by atomic mass is 9.96. The first-order valence-corrected chi connectivity index (χ1v) is 11.9. The van der Waals surface area contributed by atoms with Crippen LogP contribution < -0.4 is 4.74 Å². The molecule has 0 radical (unpaired) electrons. The van der Waals surface area contributed by atoms with Gasteiger partial charge in [-0.25, -0.2) is 8.78 Å². The lowest BCUT2D eigenvalue weighted by molar-refractivity contribution is 0.101. The van der Waals surface area contributed by atoms with E-state index in [2.05, 4.69) is 17.1 Å². The largest absolute Gasteiger partial charge is 0.494 e. The van der Waals surface area contributed by atoms with Crippen molar-refractivity contribution in [2.45, 2.75) is 26.2 Å². The van der Waals surface area contributed by atoms with Crippen LogP contribution in [-0.4, -0.2) is 30.4 Å². The van der Waals surface area contributed by atoms with Gasteiger partial charge in [0.15, 0.2) is 5.78 Å². The maximum absolute atomic E-state index is 13.4. The number of ether oxygens (including phenoxy) is 1. The van der Waals surface area contributed by atoms with Crippen LogP contribution in [0.2, 0.25) is 0 Å². The average molecular weight is 474 g/mol. The van der Waals surface area contributed by atoms with Crippen LogP contribution in [0.4, 0.5) is 8.78 Å². The molecule has 0 saturated carbocycles. The Hall–Kier alpha value is -3.73. The molecule has 1 heterocycles. The van der Waals surface area contributed by atoms with Gasteiger partial charge in [0.1, 0.15) is 17.4 Å². The van der Waals surface area contributed by atoms with Crippen molar-refractivity contribution in [1.29, 1.82) is 0 Å². The zero-order valence-electron chi connectivity index (χ0n) is 19.8. The number of nitrogens with zero attached hydrogens (tertiary/aromatic N) is 1. The summed E-state index contributed by atoms with van der Waals surface area (Å²) in [6.07, 6.45) is 6.95. The van der Waals surface area contributed by atoms with Gasteiger partial charge in [-0.2, -0.15) is 0 Å². The minimum atomic E-state index is -0.261. The Bertz CT molecular complexity index is 1200. The number of hydrogen-bond donors (Lipinski definition) is 0. The van der Waals surface area contributed by atoms with Crippen LogP contribution >= 0.6 is 0 Å². The predicted molar refractivity (Wildman–Crippen MR) is 136 cm³/mol. The summed E-state index contributed by atoms with van der Waals surface area (Å²) in [5.41, 5.74) is 4.82. The zero-order chi connectivity index (χ0) is 24.6. The van der Waals surface area contributed by atoms with Gasteiger partial charge >= 0.3 is 0 Å². The molecular formula is C30H29F2NO2. The van der Waals surface area contributed by atoms with Gasteiger partial charge in [-0.3, -0.25) is 4.79 Å². The maximum Gasteiger partial charge on any atom is 0.159 e. The van der Waals surface area contributed by atoms with E-state index in [0.717, 1.165) is 54.9 Å². The molecule has 5 heteroatoms. The molecule has 0 atom stereocenters. The SMILES string of the molecule is CC(=O)c1ccc(OCCCN2CCCC(=Cc3ccc(F)cc3)C2=Cc2ccc(F)cc2)cc1. The Kier molecular flexibility index (Phi) is 8.09. The van der Waals surface area contributed by atoms with Crippen molar-refractivity contribution in [1.82, 2.24) is 4.90 Å². The molecule has 3 nitrogen and oxygen atoms in total. The second-order valence-corrected chi connectivity index (χ2v) is 8.68. The van der Waals surface area contributed by atoms with Gasteiger partial charge < -0.3 is 9.64 Å². The molecule has 0 amide bonds. The number of hydrogen-bond acceptors (Lipinski definition) is 3. The van der Waals surface area contributed by atoms with Crippen molar-refractivity contribution >= 4 is 17.9 Å². The van der Waals surface area contributed by atoms with Crippen molar-refractivity contribution in [2.24, 2.45) is 0 Å². The Balaban J connectivity index is 1.48. The highest BCUT2D eigenvalue weighted by Gasteiger charge is 2.19. The molecule has 0 unspecified atom stereocenters. The third-order valence-corrected chi connectivity index (χ3v) is 6.03. The summed E-state index contributed by atoms with van der Waals surface area (Å²) in [6, 6.07) is 20.2. The first-order valence-electron chi connectivity index (χ1n) is 11.9. The Morgan fingerprint density at radius 2 is 1.49 bits per heavy atom. The fraction of sp³-hybridized carbons (Fsp3) is 0.233. The molecule has 0 spiro atoms. The summed E-state index contributed by atoms with van der Waals surface area (Å²) >= 11 is 0. The lowest BCUT2D eigenvalue weighted by Gasteiger charge is -2.34. The fourth-order valence-electron chi connectivity index (χ4n) is 4.18. The number of carbonyl (C=O) groups is 1. The summed E-state index contributed by atoms with van der Waals surface area (Å²) in [6.45, 7) is 3.82. The normalized spacial score (nSPS) is 16.0. The van der Waals surface area contributed by atoms with Gasteiger partial charge in [0.2, 0.25) is 0 Å². The Labute approximate surface area is 205 Å². The minimum Gasteiger partial charge on any atom is -0.494 e. The van der Waals surface area contributed by atoms with E-state index in [1.807, 2.05) is 12.1 Å². The monoisotopic (exact) mass is 473 g/mol. The number of piperidine rings is 1. The fourth-order valence-corrected chi connectivity index (χ4v) is 4.18. The number of likely N-dealkylation sites (tertiary alicyclic amines) is 1. The summed E-state index contributed by atoms with van der Waals surface area (Å²) < 4.78 is 32.7. The minimum absolute atomic E-state index is 0.0339. The highest BCUT2D eigenvalue weighted by atomic mass is 19.1. The van der Waals surface area contributed by atoms with Crippen LogP contribution in [0.5, 0.6) is 5.75 Å². The number of benzene rings is 3. The first kappa shape index (κ1) is 24.4. The van der Waals surface area contributed by atoms with Crippen LogP contribution in [-0.2, 0) is 0 Å². The molecule has 1 aliphatic heterocycles. The summed E-state index contributed by atoms with van der Waals surface area (Å²) in [5.74, 6) is 0.262. The smallest absolute Gasteiger partial charge is 0.159 e. The van der Waals surface area contributed by atoms with Crippen molar-refractivity contribution in [2.75, 3.05) is 19.7 Å². The number of halogens is 2. The van der Waals surface area contributed by atoms with Gasteiger partial charge in [0.05, 0.1) is 6.61 Å². The predicted octanol–water partition coefficient (Wildman–Crippen LogP) is 7.16. The molecule has 180 valence electrons. The van der Waals surface area contributed by atoms with Crippen LogP contribution in [0.3, 0.4) is 0 Å². The number of ketones is 1.